The Morgan fingerprint density at radius 3 is 2.82 bits per heavy atom. The van der Waals surface area contributed by atoms with Gasteiger partial charge in [-0.25, -0.2) is 4.98 Å². The summed E-state index contributed by atoms with van der Waals surface area (Å²) in [5, 5.41) is 11.8. The number of H-pyrrole nitrogens is 1. The summed E-state index contributed by atoms with van der Waals surface area (Å²) in [4.78, 5) is 25.0. The van der Waals surface area contributed by atoms with Gasteiger partial charge in [-0.05, 0) is 23.6 Å². The minimum absolute atomic E-state index is 0.0414. The molecule has 3 aromatic rings. The topological polar surface area (TPSA) is 138 Å². The summed E-state index contributed by atoms with van der Waals surface area (Å²) >= 11 is 5.68. The van der Waals surface area contributed by atoms with Crippen LogP contribution in [0.1, 0.15) is 31.7 Å². The molecule has 2 aromatic heterocycles. The first-order valence-corrected chi connectivity index (χ1v) is 13.6. The highest BCUT2D eigenvalue weighted by Crippen LogP contribution is 2.68. The van der Waals surface area contributed by atoms with Crippen molar-refractivity contribution in [1.29, 1.82) is 0 Å². The SMILES string of the molecule is CC(C)c1ccc(Sc2nc3c(=O)[nH]c(N)nc3n2C23C[C@@]4(OP(S)OCC4O2)C3O)cc1. The Kier molecular flexibility index (Phi) is 4.91. The Labute approximate surface area is 199 Å². The number of aromatic amines is 1. The van der Waals surface area contributed by atoms with Gasteiger partial charge in [-0.2, -0.15) is 4.98 Å². The molecular weight excluding hydrogens is 485 g/mol. The molecule has 1 spiro atoms. The number of nitrogens with two attached hydrogens (primary N) is 1. The molecule has 3 saturated heterocycles. The van der Waals surface area contributed by atoms with Crippen molar-refractivity contribution in [1.82, 2.24) is 19.5 Å². The van der Waals surface area contributed by atoms with E-state index >= 15 is 0 Å². The van der Waals surface area contributed by atoms with Crippen LogP contribution in [0.25, 0.3) is 11.2 Å². The van der Waals surface area contributed by atoms with Gasteiger partial charge >= 0.3 is 0 Å². The quantitative estimate of drug-likeness (QED) is 0.310. The lowest BCUT2D eigenvalue weighted by molar-refractivity contribution is -0.212. The van der Waals surface area contributed by atoms with Crippen molar-refractivity contribution in [2.24, 2.45) is 0 Å². The van der Waals surface area contributed by atoms with Gasteiger partial charge in [-0.3, -0.25) is 14.3 Å². The number of thiol groups is 1. The highest BCUT2D eigenvalue weighted by Gasteiger charge is 2.79. The summed E-state index contributed by atoms with van der Waals surface area (Å²) in [6, 6.07) is 8.14. The van der Waals surface area contributed by atoms with Crippen LogP contribution in [-0.2, 0) is 19.5 Å². The third kappa shape index (κ3) is 3.05. The molecule has 10 nitrogen and oxygen atoms in total. The van der Waals surface area contributed by atoms with E-state index in [1.54, 1.807) is 4.57 Å². The van der Waals surface area contributed by atoms with Gasteiger partial charge in [0.2, 0.25) is 13.5 Å². The van der Waals surface area contributed by atoms with Crippen LogP contribution in [0.15, 0.2) is 39.1 Å². The molecule has 0 radical (unpaired) electrons. The van der Waals surface area contributed by atoms with E-state index in [2.05, 4.69) is 53.2 Å². The molecule has 1 aliphatic carbocycles. The molecule has 4 aliphatic rings. The maximum atomic E-state index is 12.6. The monoisotopic (exact) mass is 507 g/mol. The first-order chi connectivity index (χ1) is 15.7. The van der Waals surface area contributed by atoms with Gasteiger partial charge < -0.3 is 24.6 Å². The number of aliphatic hydroxyl groups excluding tert-OH is 1. The standard InChI is InChI=1S/C20H22N5O5PS2/c1-9(2)10-3-5-11(6-4-10)33-18-22-13-14(23-17(21)24-15(13)26)25(18)20-8-19(16(20)27)12(29-20)7-28-31(32)30-19/h3-6,9,12,16,27,32H,7-8H2,1-2H3,(H3,21,23,24,26)/t12?,16?,19-,20?,31?/m0/s1. The van der Waals surface area contributed by atoms with Crippen molar-refractivity contribution >= 4 is 48.7 Å². The van der Waals surface area contributed by atoms with Crippen LogP contribution in [0, 0.1) is 0 Å². The number of ether oxygens (including phenoxy) is 1. The first-order valence-electron chi connectivity index (χ1n) is 10.5. The minimum Gasteiger partial charge on any atom is -0.385 e. The second kappa shape index (κ2) is 7.42. The van der Waals surface area contributed by atoms with Crippen molar-refractivity contribution in [3.63, 3.8) is 0 Å². The number of benzene rings is 1. The molecule has 4 N–H and O–H groups in total. The Morgan fingerprint density at radius 2 is 2.12 bits per heavy atom. The normalized spacial score (nSPS) is 32.8. The third-order valence-corrected chi connectivity index (χ3v) is 8.96. The van der Waals surface area contributed by atoms with Crippen LogP contribution in [0.4, 0.5) is 5.95 Å². The van der Waals surface area contributed by atoms with E-state index in [1.165, 1.54) is 17.3 Å². The average Bonchev–Trinajstić information content (AvgIpc) is 3.38. The highest BCUT2D eigenvalue weighted by atomic mass is 32.7. The van der Waals surface area contributed by atoms with Gasteiger partial charge in [-0.1, -0.05) is 50.0 Å². The van der Waals surface area contributed by atoms with E-state index in [9.17, 15) is 9.90 Å². The van der Waals surface area contributed by atoms with Gasteiger partial charge in [0, 0.05) is 11.3 Å². The van der Waals surface area contributed by atoms with Crippen molar-refractivity contribution < 1.29 is 18.9 Å². The van der Waals surface area contributed by atoms with E-state index in [1.807, 2.05) is 12.1 Å². The smallest absolute Gasteiger partial charge is 0.280 e. The van der Waals surface area contributed by atoms with Gasteiger partial charge in [0.05, 0.1) is 6.61 Å². The number of aliphatic hydroxyl groups is 1. The van der Waals surface area contributed by atoms with Crippen LogP contribution in [0.5, 0.6) is 0 Å². The maximum Gasteiger partial charge on any atom is 0.280 e. The molecule has 13 heteroatoms. The molecule has 1 saturated carbocycles. The van der Waals surface area contributed by atoms with Crippen LogP contribution in [0.2, 0.25) is 0 Å². The maximum absolute atomic E-state index is 12.6. The number of aromatic nitrogens is 4. The van der Waals surface area contributed by atoms with E-state index in [4.69, 9.17) is 19.5 Å². The molecular formula is C20H22N5O5PS2. The Bertz CT molecular complexity index is 1320. The largest absolute Gasteiger partial charge is 0.385 e. The molecule has 33 heavy (non-hydrogen) atoms. The van der Waals surface area contributed by atoms with E-state index in [-0.39, 0.29) is 23.7 Å². The molecule has 4 unspecified atom stereocenters. The summed E-state index contributed by atoms with van der Waals surface area (Å²) in [5.74, 6) is 0.370. The zero-order valence-electron chi connectivity index (χ0n) is 17.8. The number of anilines is 1. The van der Waals surface area contributed by atoms with E-state index in [0.29, 0.717) is 17.5 Å². The van der Waals surface area contributed by atoms with E-state index in [0.717, 1.165) is 4.90 Å². The third-order valence-electron chi connectivity index (χ3n) is 6.54. The number of nitrogen functional groups attached to an aromatic ring is 1. The predicted octanol–water partition coefficient (Wildman–Crippen LogP) is 2.73. The van der Waals surface area contributed by atoms with Crippen molar-refractivity contribution in [3.8, 4) is 0 Å². The lowest BCUT2D eigenvalue weighted by Gasteiger charge is -2.51. The Hall–Kier alpha value is -1.66. The van der Waals surface area contributed by atoms with Crippen molar-refractivity contribution in [3.05, 3.63) is 40.2 Å². The number of fused-ring (bicyclic) bond motifs is 1. The van der Waals surface area contributed by atoms with Crippen LogP contribution >= 0.6 is 31.6 Å². The second-order valence-corrected chi connectivity index (χ2v) is 11.7. The molecule has 0 amide bonds. The predicted molar refractivity (Wildman–Crippen MR) is 126 cm³/mol. The van der Waals surface area contributed by atoms with Gasteiger partial charge in [0.1, 0.15) is 17.8 Å². The molecule has 7 rings (SSSR count). The molecule has 174 valence electrons. The van der Waals surface area contributed by atoms with Crippen molar-refractivity contribution in [2.45, 2.75) is 59.8 Å². The summed E-state index contributed by atoms with van der Waals surface area (Å²) < 4.78 is 19.5. The van der Waals surface area contributed by atoms with Crippen LogP contribution in [0.3, 0.4) is 0 Å². The second-order valence-electron chi connectivity index (χ2n) is 8.79. The van der Waals surface area contributed by atoms with Gasteiger partial charge in [0.15, 0.2) is 22.0 Å². The molecule has 5 heterocycles. The van der Waals surface area contributed by atoms with Crippen LogP contribution in [-0.4, -0.2) is 49.0 Å². The summed E-state index contributed by atoms with van der Waals surface area (Å²) in [7, 11) is -1.41. The highest BCUT2D eigenvalue weighted by molar-refractivity contribution is 8.42. The number of hydrogen-bond acceptors (Lipinski definition) is 10. The minimum atomic E-state index is -1.41. The number of imidazole rings is 1. The van der Waals surface area contributed by atoms with Gasteiger partial charge in [0.25, 0.3) is 5.56 Å². The average molecular weight is 508 g/mol. The number of nitrogens with zero attached hydrogens (tertiary/aromatic N) is 3. The Balaban J connectivity index is 1.48. The fraction of sp³-hybridized carbons (Fsp3) is 0.450. The van der Waals surface area contributed by atoms with E-state index < -0.39 is 36.7 Å². The summed E-state index contributed by atoms with van der Waals surface area (Å²) in [6.07, 6.45) is -1.13. The zero-order valence-corrected chi connectivity index (χ0v) is 20.4. The molecule has 3 aliphatic heterocycles. The first kappa shape index (κ1) is 21.8. The molecule has 1 aromatic carbocycles. The fourth-order valence-electron chi connectivity index (χ4n) is 4.86. The summed E-state index contributed by atoms with van der Waals surface area (Å²) in [5.41, 5.74) is 4.88. The number of rotatable bonds is 4. The van der Waals surface area contributed by atoms with Crippen molar-refractivity contribution in [2.75, 3.05) is 12.3 Å². The number of hydrogen-bond donors (Lipinski definition) is 4. The van der Waals surface area contributed by atoms with Crippen LogP contribution < -0.4 is 11.3 Å². The number of nitrogens with one attached hydrogen (secondary N) is 1. The lowest BCUT2D eigenvalue weighted by Crippen LogP contribution is -2.67. The molecule has 5 atom stereocenters. The Morgan fingerprint density at radius 1 is 1.36 bits per heavy atom. The lowest BCUT2D eigenvalue weighted by atomic mass is 9.70. The zero-order chi connectivity index (χ0) is 23.1. The molecule has 4 fully saturated rings. The molecule has 2 bridgehead atoms. The summed E-state index contributed by atoms with van der Waals surface area (Å²) in [6.45, 7) is 4.53. The fourth-order valence-corrected chi connectivity index (χ4v) is 7.35. The van der Waals surface area contributed by atoms with Gasteiger partial charge in [-0.15, -0.1) is 0 Å².